The van der Waals surface area contributed by atoms with Gasteiger partial charge in [-0.05, 0) is 156 Å². The van der Waals surface area contributed by atoms with Crippen molar-refractivity contribution >= 4 is 59.2 Å². The first-order valence-electron chi connectivity index (χ1n) is 38.6. The molecule has 0 radical (unpaired) electrons. The summed E-state index contributed by atoms with van der Waals surface area (Å²) in [6, 6.07) is 33.6. The summed E-state index contributed by atoms with van der Waals surface area (Å²) >= 11 is 0. The fraction of sp³-hybridized carbons (Fsp3) is 0.424. The Balaban J connectivity index is 0.000000148. The summed E-state index contributed by atoms with van der Waals surface area (Å²) in [5.74, 6) is -6.64. The minimum absolute atomic E-state index is 0.0172. The number of methoxy groups -OCH3 is 3. The molecule has 0 bridgehead atoms. The number of carbonyl (C=O) groups is 9. The monoisotopic (exact) mass is 1540 g/mol. The Kier molecular flexibility index (Phi) is 22.8. The summed E-state index contributed by atoms with van der Waals surface area (Å²) in [7, 11) is 4.01. The van der Waals surface area contributed by atoms with E-state index in [0.717, 1.165) is 46.2 Å². The van der Waals surface area contributed by atoms with Crippen LogP contribution in [0.3, 0.4) is 0 Å². The minimum atomic E-state index is -0.752. The quantitative estimate of drug-likeness (QED) is 0.0494. The van der Waals surface area contributed by atoms with Crippen molar-refractivity contribution in [2.75, 3.05) is 21.3 Å². The molecule has 15 rings (SSSR count). The van der Waals surface area contributed by atoms with Gasteiger partial charge in [-0.1, -0.05) is 152 Å². The van der Waals surface area contributed by atoms with Crippen LogP contribution in [0, 0.1) is 85.8 Å². The van der Waals surface area contributed by atoms with E-state index >= 15 is 0 Å². The van der Waals surface area contributed by atoms with Gasteiger partial charge in [-0.2, -0.15) is 0 Å². The molecule has 592 valence electrons. The number of esters is 6. The lowest BCUT2D eigenvalue weighted by Gasteiger charge is -2.60. The summed E-state index contributed by atoms with van der Waals surface area (Å²) in [5.41, 5.74) is 1.23. The topological polar surface area (TPSA) is 276 Å². The van der Waals surface area contributed by atoms with Crippen molar-refractivity contribution in [2.45, 2.75) is 137 Å². The van der Waals surface area contributed by atoms with Gasteiger partial charge in [-0.25, -0.2) is 4.79 Å². The van der Waals surface area contributed by atoms with Gasteiger partial charge in [0.1, 0.15) is 18.3 Å². The zero-order chi connectivity index (χ0) is 80.5. The van der Waals surface area contributed by atoms with Crippen LogP contribution in [-0.4, -0.2) is 74.5 Å². The van der Waals surface area contributed by atoms with Crippen molar-refractivity contribution in [3.8, 4) is 0 Å². The van der Waals surface area contributed by atoms with E-state index in [-0.39, 0.29) is 83.5 Å². The average Bonchev–Trinajstić information content (AvgIpc) is 1.10. The number of fused-ring (bicyclic) bond motifs is 9. The van der Waals surface area contributed by atoms with E-state index in [4.69, 9.17) is 55.9 Å². The largest absolute Gasteiger partial charge is 0.490 e. The second-order valence-electron chi connectivity index (χ2n) is 33.1. The second kappa shape index (κ2) is 32.2. The number of benzene rings is 3. The number of allylic oxidation sites excluding steroid dienone is 6. The fourth-order valence-corrected chi connectivity index (χ4v) is 21.1. The summed E-state index contributed by atoms with van der Waals surface area (Å²) < 4.78 is 67.0. The van der Waals surface area contributed by atoms with Crippen molar-refractivity contribution in [3.05, 3.63) is 259 Å². The van der Waals surface area contributed by atoms with Crippen LogP contribution in [-0.2, 0) is 98.6 Å². The first-order chi connectivity index (χ1) is 54.0. The maximum absolute atomic E-state index is 14.2. The molecule has 0 amide bonds. The third-order valence-corrected chi connectivity index (χ3v) is 26.4. The van der Waals surface area contributed by atoms with Crippen LogP contribution in [0.15, 0.2) is 239 Å². The number of Topliss-reactive ketones (excluding diaryl/α,β-unsaturated/α-hetero) is 3. The van der Waals surface area contributed by atoms with Gasteiger partial charge in [0.25, 0.3) is 0 Å². The lowest BCUT2D eigenvalue weighted by Crippen LogP contribution is -2.60. The maximum Gasteiger partial charge on any atom is 0.336 e. The standard InChI is InChI=1S/C31H34O7.C31H32O7.C30H32O7/c2*1-19-22-12-14-30(2)23(29(34)35-4)16-24(38-26(32)11-10-20-8-6-5-7-9-20)27(33)28(30)31(22,3)17-25(37-19)21-13-15-36-18-21;1-18-21-10-12-29(2)22(28(33)34-4)15-23(37-25(31)14-19-8-6-5-7-9-19)26(32)27(29)30(21,3)16-24(36-18)20-11-13-35-17-20/h5-9,13,15-16,18,22-23,25,28H,1,10-12,14,17H2,2-4H3;5-11,13,15-16,18,22-23,25,28H,1,12,14,17H2,2-4H3;5-9,11,13,15,17,21-22,24,27H,1,10,12,14,16H2,2-4H3/b;11-10+;/t2*22-,23-,25-,28-,30-,31-;21-,22-,24-,27-,29-,30-/m000/s1. The van der Waals surface area contributed by atoms with Crippen molar-refractivity contribution < 1.29 is 99.0 Å². The van der Waals surface area contributed by atoms with Gasteiger partial charge in [0.05, 0.1) is 100 Å². The molecular formula is C92H98O21. The Labute approximate surface area is 657 Å². The highest BCUT2D eigenvalue weighted by molar-refractivity contribution is 6.04. The molecule has 0 N–H and O–H groups in total. The molecular weight excluding hydrogens is 1440 g/mol. The zero-order valence-electron chi connectivity index (χ0n) is 65.4. The lowest BCUT2D eigenvalue weighted by molar-refractivity contribution is -0.177. The van der Waals surface area contributed by atoms with Gasteiger partial charge >= 0.3 is 35.8 Å². The molecule has 3 saturated carbocycles. The van der Waals surface area contributed by atoms with E-state index in [1.807, 2.05) is 130 Å². The van der Waals surface area contributed by atoms with Gasteiger partial charge in [0.2, 0.25) is 17.3 Å². The Morgan fingerprint density at radius 2 is 0.770 bits per heavy atom. The number of ketones is 3. The van der Waals surface area contributed by atoms with Crippen LogP contribution in [0.2, 0.25) is 0 Å². The second-order valence-corrected chi connectivity index (χ2v) is 33.1. The fourth-order valence-electron chi connectivity index (χ4n) is 21.1. The molecule has 6 aromatic rings. The first kappa shape index (κ1) is 80.0. The number of furan rings is 3. The van der Waals surface area contributed by atoms with Crippen LogP contribution in [0.25, 0.3) is 6.08 Å². The Morgan fingerprint density at radius 1 is 0.434 bits per heavy atom. The highest BCUT2D eigenvalue weighted by Crippen LogP contribution is 2.70. The molecule has 6 fully saturated rings. The predicted octanol–water partition coefficient (Wildman–Crippen LogP) is 16.9. The van der Waals surface area contributed by atoms with Gasteiger partial charge < -0.3 is 55.9 Å². The molecule has 0 unspecified atom stereocenters. The number of rotatable bonds is 16. The Hall–Kier alpha value is -11.1. The van der Waals surface area contributed by atoms with Crippen molar-refractivity contribution in [2.24, 2.45) is 85.8 Å². The van der Waals surface area contributed by atoms with Gasteiger partial charge in [0.15, 0.2) is 17.3 Å². The maximum atomic E-state index is 14.2. The average molecular weight is 1540 g/mol. The Morgan fingerprint density at radius 3 is 1.12 bits per heavy atom. The summed E-state index contributed by atoms with van der Waals surface area (Å²) in [6.07, 6.45) is 22.2. The highest BCUT2D eigenvalue weighted by Gasteiger charge is 2.69. The van der Waals surface area contributed by atoms with Crippen molar-refractivity contribution in [1.82, 2.24) is 0 Å². The highest BCUT2D eigenvalue weighted by atomic mass is 16.6. The zero-order valence-corrected chi connectivity index (χ0v) is 65.4. The smallest absolute Gasteiger partial charge is 0.336 e. The number of hydrogen-bond donors (Lipinski definition) is 0. The van der Waals surface area contributed by atoms with Crippen LogP contribution in [0.4, 0.5) is 0 Å². The van der Waals surface area contributed by atoms with Gasteiger partial charge in [-0.15, -0.1) is 0 Å². The SMILES string of the molecule is C=C1O[C@H](c2ccoc2)C[C@]2(C)[C@H]3C(=O)C(OC(=O)/C=C/c4ccccc4)=C[C@@H](C(=O)OC)[C@]3(C)CC[C@@H]12.C=C1O[C@H](c2ccoc2)C[C@]2(C)[C@H]3C(=O)C(OC(=O)CCc4ccccc4)=C[C@@H](C(=O)OC)[C@]3(C)CC[C@@H]12.C=C1O[C@H](c2ccoc2)C[C@]2(C)[C@H]3C(=O)C(OC(=O)Cc4ccccc4)=C[C@@H](C(=O)OC)[C@]3(C)CC[C@@H]12. The van der Waals surface area contributed by atoms with E-state index in [9.17, 15) is 43.2 Å². The molecule has 3 aliphatic heterocycles. The molecule has 0 spiro atoms. The lowest BCUT2D eigenvalue weighted by atomic mass is 9.44. The van der Waals surface area contributed by atoms with E-state index in [1.165, 1.54) is 45.6 Å². The summed E-state index contributed by atoms with van der Waals surface area (Å²) in [4.78, 5) is 120. The third kappa shape index (κ3) is 15.2. The number of aryl methyl sites for hydroxylation is 1. The van der Waals surface area contributed by atoms with Crippen LogP contribution in [0.1, 0.15) is 157 Å². The number of hydrogen-bond acceptors (Lipinski definition) is 21. The molecule has 9 aliphatic rings. The number of ether oxygens (including phenoxy) is 9. The van der Waals surface area contributed by atoms with Crippen molar-refractivity contribution in [3.63, 3.8) is 0 Å². The van der Waals surface area contributed by atoms with E-state index in [1.54, 1.807) is 43.7 Å². The van der Waals surface area contributed by atoms with E-state index in [2.05, 4.69) is 40.5 Å². The normalized spacial score (nSPS) is 32.6. The van der Waals surface area contributed by atoms with Crippen LogP contribution in [0.5, 0.6) is 0 Å². The van der Waals surface area contributed by atoms with E-state index in [0.29, 0.717) is 68.6 Å². The molecule has 113 heavy (non-hydrogen) atoms. The Bertz CT molecular complexity index is 4760. The minimum Gasteiger partial charge on any atom is -0.490 e. The van der Waals surface area contributed by atoms with Gasteiger partial charge in [0, 0.05) is 64.7 Å². The van der Waals surface area contributed by atoms with Gasteiger partial charge in [-0.3, -0.25) is 38.4 Å². The molecule has 6 heterocycles. The van der Waals surface area contributed by atoms with Crippen LogP contribution >= 0.6 is 0 Å². The molecule has 21 heteroatoms. The molecule has 6 aliphatic carbocycles. The molecule has 21 nitrogen and oxygen atoms in total. The first-order valence-corrected chi connectivity index (χ1v) is 38.6. The molecule has 3 saturated heterocycles. The molecule has 3 aromatic carbocycles. The summed E-state index contributed by atoms with van der Waals surface area (Å²) in [5, 5.41) is 0. The molecule has 18 atom stereocenters. The number of carbonyl (C=O) groups excluding carboxylic acids is 9. The summed E-state index contributed by atoms with van der Waals surface area (Å²) in [6.45, 7) is 24.8. The van der Waals surface area contributed by atoms with Crippen LogP contribution < -0.4 is 0 Å². The molecule has 3 aromatic heterocycles. The predicted molar refractivity (Wildman–Crippen MR) is 411 cm³/mol. The third-order valence-electron chi connectivity index (χ3n) is 26.4. The van der Waals surface area contributed by atoms with Crippen molar-refractivity contribution in [1.29, 1.82) is 0 Å². The van der Waals surface area contributed by atoms with E-state index < -0.39 is 104 Å².